The molecule has 3 aromatic rings. The van der Waals surface area contributed by atoms with Gasteiger partial charge in [-0.05, 0) is 66.9 Å². The molecule has 0 aliphatic carbocycles. The molecule has 162 valence electrons. The van der Waals surface area contributed by atoms with Gasteiger partial charge in [0.25, 0.3) is 11.7 Å². The van der Waals surface area contributed by atoms with Crippen LogP contribution in [0.1, 0.15) is 28.3 Å². The summed E-state index contributed by atoms with van der Waals surface area (Å²) in [7, 11) is 1.57. The van der Waals surface area contributed by atoms with Crippen molar-refractivity contribution >= 4 is 39.1 Å². The maximum atomic E-state index is 13.2. The van der Waals surface area contributed by atoms with Crippen LogP contribution in [0.3, 0.4) is 0 Å². The number of benzene rings is 3. The van der Waals surface area contributed by atoms with E-state index in [-0.39, 0.29) is 11.3 Å². The van der Waals surface area contributed by atoms with E-state index in [0.717, 1.165) is 15.6 Å². The van der Waals surface area contributed by atoms with Crippen molar-refractivity contribution in [1.29, 1.82) is 0 Å². The molecule has 0 spiro atoms. The highest BCUT2D eigenvalue weighted by atomic mass is 79.9. The van der Waals surface area contributed by atoms with Crippen molar-refractivity contribution in [2.24, 2.45) is 0 Å². The lowest BCUT2D eigenvalue weighted by Gasteiger charge is -2.26. The van der Waals surface area contributed by atoms with Crippen LogP contribution in [-0.4, -0.2) is 23.9 Å². The topological polar surface area (TPSA) is 66.8 Å². The summed E-state index contributed by atoms with van der Waals surface area (Å²) >= 11 is 3.38. The van der Waals surface area contributed by atoms with Gasteiger partial charge in [0.2, 0.25) is 0 Å². The summed E-state index contributed by atoms with van der Waals surface area (Å²) in [6, 6.07) is 19.1. The summed E-state index contributed by atoms with van der Waals surface area (Å²) in [6.45, 7) is 3.88. The fourth-order valence-corrected chi connectivity index (χ4v) is 4.32. The molecular formula is C26H22BrNO4. The Kier molecular flexibility index (Phi) is 5.89. The normalized spacial score (nSPS) is 17.6. The monoisotopic (exact) mass is 491 g/mol. The zero-order valence-corrected chi connectivity index (χ0v) is 19.5. The highest BCUT2D eigenvalue weighted by Crippen LogP contribution is 2.43. The SMILES string of the molecule is COc1ccc(C2/C(=C(\O)c3ccc(Br)cc3)C(=O)C(=O)N2c2cc(C)cc(C)c2)cc1. The molecule has 1 atom stereocenters. The van der Waals surface area contributed by atoms with Gasteiger partial charge in [-0.3, -0.25) is 14.5 Å². The van der Waals surface area contributed by atoms with Gasteiger partial charge in [0.1, 0.15) is 11.5 Å². The van der Waals surface area contributed by atoms with E-state index in [1.165, 1.54) is 4.90 Å². The second kappa shape index (κ2) is 8.63. The van der Waals surface area contributed by atoms with E-state index in [1.807, 2.05) is 32.0 Å². The predicted molar refractivity (Wildman–Crippen MR) is 128 cm³/mol. The van der Waals surface area contributed by atoms with E-state index in [9.17, 15) is 14.7 Å². The number of rotatable bonds is 4. The molecule has 1 N–H and O–H groups in total. The molecule has 0 bridgehead atoms. The molecular weight excluding hydrogens is 470 g/mol. The molecule has 3 aromatic carbocycles. The van der Waals surface area contributed by atoms with Crippen molar-refractivity contribution in [3.63, 3.8) is 0 Å². The minimum absolute atomic E-state index is 0.0571. The molecule has 1 amide bonds. The van der Waals surface area contributed by atoms with Crippen LogP contribution in [0.5, 0.6) is 5.75 Å². The Hall–Kier alpha value is -3.38. The second-order valence-electron chi connectivity index (χ2n) is 7.80. The van der Waals surface area contributed by atoms with Gasteiger partial charge < -0.3 is 9.84 Å². The first kappa shape index (κ1) is 21.8. The quantitative estimate of drug-likeness (QED) is 0.288. The van der Waals surface area contributed by atoms with Gasteiger partial charge in [0.15, 0.2) is 0 Å². The molecule has 1 heterocycles. The lowest BCUT2D eigenvalue weighted by atomic mass is 9.95. The molecule has 1 unspecified atom stereocenters. The molecule has 1 saturated heterocycles. The smallest absolute Gasteiger partial charge is 0.300 e. The third-order valence-corrected chi connectivity index (χ3v) is 6.01. The van der Waals surface area contributed by atoms with Gasteiger partial charge in [-0.25, -0.2) is 0 Å². The van der Waals surface area contributed by atoms with E-state index in [1.54, 1.807) is 55.6 Å². The Morgan fingerprint density at radius 1 is 0.938 bits per heavy atom. The summed E-state index contributed by atoms with van der Waals surface area (Å²) < 4.78 is 6.10. The van der Waals surface area contributed by atoms with Gasteiger partial charge in [-0.15, -0.1) is 0 Å². The van der Waals surface area contributed by atoms with Crippen LogP contribution in [0.25, 0.3) is 5.76 Å². The Bertz CT molecular complexity index is 1210. The number of methoxy groups -OCH3 is 1. The Morgan fingerprint density at radius 3 is 2.09 bits per heavy atom. The third kappa shape index (κ3) is 3.94. The van der Waals surface area contributed by atoms with Crippen LogP contribution in [0.2, 0.25) is 0 Å². The van der Waals surface area contributed by atoms with E-state index < -0.39 is 17.7 Å². The number of hydrogen-bond acceptors (Lipinski definition) is 4. The van der Waals surface area contributed by atoms with Crippen LogP contribution in [-0.2, 0) is 9.59 Å². The zero-order chi connectivity index (χ0) is 23.0. The maximum absolute atomic E-state index is 13.2. The number of amides is 1. The maximum Gasteiger partial charge on any atom is 0.300 e. The first-order valence-electron chi connectivity index (χ1n) is 10.1. The third-order valence-electron chi connectivity index (χ3n) is 5.48. The molecule has 32 heavy (non-hydrogen) atoms. The van der Waals surface area contributed by atoms with Crippen LogP contribution in [0.4, 0.5) is 5.69 Å². The highest BCUT2D eigenvalue weighted by molar-refractivity contribution is 9.10. The minimum Gasteiger partial charge on any atom is -0.507 e. The van der Waals surface area contributed by atoms with Crippen molar-refractivity contribution < 1.29 is 19.4 Å². The minimum atomic E-state index is -0.772. The predicted octanol–water partition coefficient (Wildman–Crippen LogP) is 5.70. The van der Waals surface area contributed by atoms with Gasteiger partial charge >= 0.3 is 0 Å². The highest BCUT2D eigenvalue weighted by Gasteiger charge is 2.47. The molecule has 6 heteroatoms. The van der Waals surface area contributed by atoms with E-state index >= 15 is 0 Å². The van der Waals surface area contributed by atoms with Crippen molar-refractivity contribution in [2.75, 3.05) is 12.0 Å². The largest absolute Gasteiger partial charge is 0.507 e. The van der Waals surface area contributed by atoms with Crippen LogP contribution in [0, 0.1) is 13.8 Å². The number of Topliss-reactive ketones (excluding diaryl/α,β-unsaturated/α-hetero) is 1. The Balaban J connectivity index is 1.95. The van der Waals surface area contributed by atoms with Gasteiger partial charge in [0, 0.05) is 15.7 Å². The molecule has 0 aromatic heterocycles. The van der Waals surface area contributed by atoms with E-state index in [4.69, 9.17) is 4.74 Å². The van der Waals surface area contributed by atoms with E-state index in [0.29, 0.717) is 22.6 Å². The molecule has 1 aliphatic rings. The van der Waals surface area contributed by atoms with Crippen molar-refractivity contribution in [3.05, 3.63) is 99.0 Å². The number of aliphatic hydroxyl groups is 1. The molecule has 0 saturated carbocycles. The fraction of sp³-hybridized carbons (Fsp3) is 0.154. The zero-order valence-electron chi connectivity index (χ0n) is 17.9. The molecule has 4 rings (SSSR count). The molecule has 1 aliphatic heterocycles. The first-order chi connectivity index (χ1) is 15.3. The summed E-state index contributed by atoms with van der Waals surface area (Å²) in [5, 5.41) is 11.1. The van der Waals surface area contributed by atoms with Crippen LogP contribution in [0.15, 0.2) is 76.8 Å². The van der Waals surface area contributed by atoms with Gasteiger partial charge in [0.05, 0.1) is 18.7 Å². The lowest BCUT2D eigenvalue weighted by Crippen LogP contribution is -2.29. The lowest BCUT2D eigenvalue weighted by molar-refractivity contribution is -0.132. The first-order valence-corrected chi connectivity index (χ1v) is 10.9. The average molecular weight is 492 g/mol. The van der Waals surface area contributed by atoms with Crippen molar-refractivity contribution in [3.8, 4) is 5.75 Å². The number of carbonyl (C=O) groups excluding carboxylic acids is 2. The number of anilines is 1. The standard InChI is InChI=1S/C26H22BrNO4/c1-15-12-16(2)14-20(13-15)28-23(17-6-10-21(32-3)11-7-17)22(25(30)26(28)31)24(29)18-4-8-19(27)9-5-18/h4-14,23,29H,1-3H3/b24-22+. The van der Waals surface area contributed by atoms with Crippen molar-refractivity contribution in [2.45, 2.75) is 19.9 Å². The van der Waals surface area contributed by atoms with E-state index in [2.05, 4.69) is 15.9 Å². The number of halogens is 1. The average Bonchev–Trinajstić information content (AvgIpc) is 3.04. The number of aliphatic hydroxyl groups excluding tert-OH is 1. The summed E-state index contributed by atoms with van der Waals surface area (Å²) in [5.74, 6) is -0.937. The fourth-order valence-electron chi connectivity index (χ4n) is 4.05. The number of ketones is 1. The Morgan fingerprint density at radius 2 is 1.53 bits per heavy atom. The number of nitrogens with zero attached hydrogens (tertiary/aromatic N) is 1. The molecule has 5 nitrogen and oxygen atoms in total. The summed E-state index contributed by atoms with van der Waals surface area (Å²) in [6.07, 6.45) is 0. The van der Waals surface area contributed by atoms with Crippen LogP contribution >= 0.6 is 15.9 Å². The second-order valence-corrected chi connectivity index (χ2v) is 8.71. The van der Waals surface area contributed by atoms with Crippen molar-refractivity contribution in [1.82, 2.24) is 0 Å². The van der Waals surface area contributed by atoms with Crippen LogP contribution < -0.4 is 9.64 Å². The summed E-state index contributed by atoms with van der Waals surface area (Å²) in [4.78, 5) is 27.9. The molecule has 1 fully saturated rings. The number of ether oxygens (including phenoxy) is 1. The number of carbonyl (C=O) groups is 2. The summed E-state index contributed by atoms with van der Waals surface area (Å²) in [5.41, 5.74) is 3.78. The molecule has 0 radical (unpaired) electrons. The number of hydrogen-bond donors (Lipinski definition) is 1. The van der Waals surface area contributed by atoms with Gasteiger partial charge in [-0.1, -0.05) is 46.3 Å². The Labute approximate surface area is 195 Å². The number of aryl methyl sites for hydroxylation is 2. The van der Waals surface area contributed by atoms with Gasteiger partial charge in [-0.2, -0.15) is 0 Å².